The smallest absolute Gasteiger partial charge is 0.187 e. The number of benzene rings is 2. The van der Waals surface area contributed by atoms with E-state index in [1.165, 1.54) is 0 Å². The molecular weight excluding hydrogens is 490 g/mol. The van der Waals surface area contributed by atoms with Crippen molar-refractivity contribution in [1.82, 2.24) is 9.88 Å². The summed E-state index contributed by atoms with van der Waals surface area (Å²) in [6, 6.07) is 9.98. The van der Waals surface area contributed by atoms with E-state index in [4.69, 9.17) is 25.5 Å². The van der Waals surface area contributed by atoms with Crippen molar-refractivity contribution in [3.8, 4) is 40.8 Å². The molecule has 198 valence electrons. The molecule has 3 aromatic rings. The maximum atomic E-state index is 6.02. The molecule has 1 aliphatic rings. The summed E-state index contributed by atoms with van der Waals surface area (Å²) in [5, 5.41) is 5.64. The maximum Gasteiger partial charge on any atom is 0.187 e. The van der Waals surface area contributed by atoms with Gasteiger partial charge in [-0.05, 0) is 57.3 Å². The van der Waals surface area contributed by atoms with Gasteiger partial charge < -0.3 is 28.9 Å². The first-order valence-corrected chi connectivity index (χ1v) is 12.4. The van der Waals surface area contributed by atoms with Crippen LogP contribution in [-0.4, -0.2) is 63.2 Å². The van der Waals surface area contributed by atoms with Crippen molar-refractivity contribution in [1.29, 1.82) is 0 Å². The zero-order chi connectivity index (χ0) is 25.7. The van der Waals surface area contributed by atoms with Gasteiger partial charge in [0, 0.05) is 34.1 Å². The molecule has 0 fully saturated rings. The van der Waals surface area contributed by atoms with Crippen LogP contribution in [-0.2, 0) is 4.84 Å². The standard InChI is InChI=1S/C29H35N3O4.ClH/c1-7-9-10-11-19(8-2)36-31-29-22-18-26(34-6)25(33-5)17-21(22)28-27(29)23-16-20(12-13-24(23)30-28)35-15-14-32(3)4;/h2,12-13,16-19,30H,7,9-11,14-15H2,1,3-6H3;1H/t19-;/m0./s1. The quantitative estimate of drug-likeness (QED) is 0.142. The van der Waals surface area contributed by atoms with Crippen LogP contribution >= 0.6 is 12.4 Å². The Morgan fingerprint density at radius 3 is 2.43 bits per heavy atom. The lowest BCUT2D eigenvalue weighted by molar-refractivity contribution is 0.0916. The topological polar surface area (TPSA) is 68.3 Å². The molecule has 1 aliphatic carbocycles. The summed E-state index contributed by atoms with van der Waals surface area (Å²) in [5.74, 6) is 4.82. The number of likely N-dealkylation sites (N-methyl/N-ethyl adjacent to an activating group) is 1. The second-order valence-corrected chi connectivity index (χ2v) is 9.18. The van der Waals surface area contributed by atoms with Crippen LogP contribution in [0.15, 0.2) is 35.5 Å². The van der Waals surface area contributed by atoms with E-state index in [0.717, 1.165) is 71.3 Å². The molecule has 1 aromatic heterocycles. The van der Waals surface area contributed by atoms with Crippen molar-refractivity contribution in [2.75, 3.05) is 41.5 Å². The molecule has 0 spiro atoms. The lowest BCUT2D eigenvalue weighted by Gasteiger charge is -2.13. The fourth-order valence-corrected chi connectivity index (χ4v) is 4.43. The van der Waals surface area contributed by atoms with Gasteiger partial charge in [-0.25, -0.2) is 0 Å². The number of nitrogens with zero attached hydrogens (tertiary/aromatic N) is 2. The molecule has 7 nitrogen and oxygen atoms in total. The number of hydrogen-bond acceptors (Lipinski definition) is 6. The molecule has 2 aromatic carbocycles. The summed E-state index contributed by atoms with van der Waals surface area (Å²) in [5.41, 5.74) is 5.49. The summed E-state index contributed by atoms with van der Waals surface area (Å²) >= 11 is 0. The summed E-state index contributed by atoms with van der Waals surface area (Å²) in [4.78, 5) is 11.6. The van der Waals surface area contributed by atoms with E-state index >= 15 is 0 Å². The Labute approximate surface area is 225 Å². The highest BCUT2D eigenvalue weighted by Gasteiger charge is 2.32. The minimum atomic E-state index is -0.383. The molecule has 0 unspecified atom stereocenters. The first kappa shape index (κ1) is 28.2. The molecule has 4 rings (SSSR count). The van der Waals surface area contributed by atoms with E-state index in [2.05, 4.69) is 34.0 Å². The second-order valence-electron chi connectivity index (χ2n) is 9.18. The van der Waals surface area contributed by atoms with E-state index < -0.39 is 0 Å². The number of ether oxygens (including phenoxy) is 3. The Kier molecular flexibility index (Phi) is 9.73. The molecule has 1 atom stereocenters. The molecule has 0 radical (unpaired) electrons. The van der Waals surface area contributed by atoms with Gasteiger partial charge in [0.1, 0.15) is 18.1 Å². The SMILES string of the molecule is C#C[C@@H](CCCCC)ON=C1c2cc(OC)c(OC)cc2-c2[nH]c3ccc(OCCN(C)C)cc3c21.Cl. The third kappa shape index (κ3) is 5.98. The lowest BCUT2D eigenvalue weighted by Crippen LogP contribution is -2.19. The van der Waals surface area contributed by atoms with E-state index in [1.54, 1.807) is 14.2 Å². The highest BCUT2D eigenvalue weighted by atomic mass is 35.5. The van der Waals surface area contributed by atoms with Gasteiger partial charge in [0.2, 0.25) is 0 Å². The number of unbranched alkanes of at least 4 members (excludes halogenated alkanes) is 2. The summed E-state index contributed by atoms with van der Waals surface area (Å²) < 4.78 is 17.2. The van der Waals surface area contributed by atoms with Crippen LogP contribution in [0.5, 0.6) is 17.2 Å². The van der Waals surface area contributed by atoms with Gasteiger partial charge >= 0.3 is 0 Å². The number of aromatic amines is 1. The van der Waals surface area contributed by atoms with Crippen LogP contribution in [0.4, 0.5) is 0 Å². The fourth-order valence-electron chi connectivity index (χ4n) is 4.43. The van der Waals surface area contributed by atoms with Gasteiger partial charge in [-0.15, -0.1) is 18.8 Å². The van der Waals surface area contributed by atoms with Crippen LogP contribution in [0, 0.1) is 12.3 Å². The third-order valence-corrected chi connectivity index (χ3v) is 6.39. The van der Waals surface area contributed by atoms with Gasteiger partial charge in [0.25, 0.3) is 0 Å². The van der Waals surface area contributed by atoms with Gasteiger partial charge in [0.05, 0.1) is 19.9 Å². The predicted molar refractivity (Wildman–Crippen MR) is 152 cm³/mol. The average molecular weight is 526 g/mol. The molecule has 0 amide bonds. The number of fused-ring (bicyclic) bond motifs is 5. The van der Waals surface area contributed by atoms with Crippen LogP contribution in [0.3, 0.4) is 0 Å². The number of terminal acetylenes is 1. The molecule has 8 heteroatoms. The zero-order valence-corrected chi connectivity index (χ0v) is 23.0. The molecule has 0 saturated heterocycles. The number of nitrogens with one attached hydrogen (secondary N) is 1. The zero-order valence-electron chi connectivity index (χ0n) is 22.2. The number of rotatable bonds is 12. The number of H-pyrrole nitrogens is 1. The Morgan fingerprint density at radius 2 is 1.78 bits per heavy atom. The Hall–Kier alpha value is -3.34. The lowest BCUT2D eigenvalue weighted by atomic mass is 10.1. The van der Waals surface area contributed by atoms with Gasteiger partial charge in [-0.1, -0.05) is 30.8 Å². The van der Waals surface area contributed by atoms with Crippen molar-refractivity contribution in [2.24, 2.45) is 5.16 Å². The number of hydrogen-bond donors (Lipinski definition) is 1. The van der Waals surface area contributed by atoms with E-state index in [0.29, 0.717) is 23.8 Å². The van der Waals surface area contributed by atoms with Gasteiger partial charge in [0.15, 0.2) is 17.6 Å². The third-order valence-electron chi connectivity index (χ3n) is 6.39. The van der Waals surface area contributed by atoms with Crippen LogP contribution < -0.4 is 14.2 Å². The first-order valence-electron chi connectivity index (χ1n) is 12.4. The Bertz CT molecular complexity index is 1290. The molecule has 1 heterocycles. The van der Waals surface area contributed by atoms with Gasteiger partial charge in [-0.2, -0.15) is 0 Å². The van der Waals surface area contributed by atoms with E-state index in [9.17, 15) is 0 Å². The van der Waals surface area contributed by atoms with Gasteiger partial charge in [-0.3, -0.25) is 0 Å². The second kappa shape index (κ2) is 12.8. The van der Waals surface area contributed by atoms with Crippen LogP contribution in [0.1, 0.15) is 43.7 Å². The fraction of sp³-hybridized carbons (Fsp3) is 0.414. The van der Waals surface area contributed by atoms with Crippen molar-refractivity contribution < 1.29 is 19.0 Å². The normalized spacial score (nSPS) is 13.6. The molecule has 0 bridgehead atoms. The highest BCUT2D eigenvalue weighted by molar-refractivity contribution is 6.30. The van der Waals surface area contributed by atoms with Crippen molar-refractivity contribution in [2.45, 2.75) is 38.7 Å². The summed E-state index contributed by atoms with van der Waals surface area (Å²) in [6.07, 6.45) is 9.39. The largest absolute Gasteiger partial charge is 0.493 e. The summed E-state index contributed by atoms with van der Waals surface area (Å²) in [6.45, 7) is 3.60. The van der Waals surface area contributed by atoms with Crippen molar-refractivity contribution in [3.05, 3.63) is 41.5 Å². The van der Waals surface area contributed by atoms with Crippen molar-refractivity contribution in [3.63, 3.8) is 0 Å². The number of methoxy groups -OCH3 is 2. The molecule has 0 aliphatic heterocycles. The average Bonchev–Trinajstić information content (AvgIpc) is 3.39. The minimum Gasteiger partial charge on any atom is -0.493 e. The first-order chi connectivity index (χ1) is 17.5. The number of oxime groups is 1. The summed E-state index contributed by atoms with van der Waals surface area (Å²) in [7, 11) is 7.31. The van der Waals surface area contributed by atoms with Crippen LogP contribution in [0.2, 0.25) is 0 Å². The Balaban J connectivity index is 0.00000380. The highest BCUT2D eigenvalue weighted by Crippen LogP contribution is 2.46. The van der Waals surface area contributed by atoms with Crippen molar-refractivity contribution >= 4 is 29.0 Å². The predicted octanol–water partition coefficient (Wildman–Crippen LogP) is 5.88. The molecule has 0 saturated carbocycles. The maximum absolute atomic E-state index is 6.02. The molecular formula is C29H36ClN3O4. The number of aromatic nitrogens is 1. The van der Waals surface area contributed by atoms with Crippen LogP contribution in [0.25, 0.3) is 22.2 Å². The number of halogens is 1. The monoisotopic (exact) mass is 525 g/mol. The minimum absolute atomic E-state index is 0. The molecule has 37 heavy (non-hydrogen) atoms. The Morgan fingerprint density at radius 1 is 1.05 bits per heavy atom. The van der Waals surface area contributed by atoms with E-state index in [-0.39, 0.29) is 18.5 Å². The van der Waals surface area contributed by atoms with E-state index in [1.807, 2.05) is 38.4 Å². The molecule has 1 N–H and O–H groups in total.